The van der Waals surface area contributed by atoms with E-state index in [-0.39, 0.29) is 0 Å². The second-order valence-electron chi connectivity index (χ2n) is 9.27. The fourth-order valence-corrected chi connectivity index (χ4v) is 5.65. The second-order valence-corrected chi connectivity index (χ2v) is 10.3. The topological polar surface area (TPSA) is 12.9 Å². The van der Waals surface area contributed by atoms with Crippen LogP contribution in [0.15, 0.2) is 91.0 Å². The molecule has 0 N–H and O–H groups in total. The molecule has 5 aromatic rings. The number of nitrogens with zero attached hydrogens (tertiary/aromatic N) is 1. The molecule has 0 radical (unpaired) electrons. The summed E-state index contributed by atoms with van der Waals surface area (Å²) in [5, 5.41) is 1.21. The van der Waals surface area contributed by atoms with Crippen LogP contribution in [0.4, 0.5) is 0 Å². The Labute approximate surface area is 200 Å². The molecule has 2 heterocycles. The molecule has 0 spiro atoms. The average molecular weight is 448 g/mol. The zero-order chi connectivity index (χ0) is 22.9. The fraction of sp³-hybridized carbons (Fsp3) is 0.194. The van der Waals surface area contributed by atoms with E-state index in [4.69, 9.17) is 4.98 Å². The van der Waals surface area contributed by atoms with Crippen LogP contribution in [0.1, 0.15) is 50.7 Å². The van der Waals surface area contributed by atoms with Crippen molar-refractivity contribution in [3.63, 3.8) is 0 Å². The first-order chi connectivity index (χ1) is 16.0. The number of fused-ring (bicyclic) bond motifs is 1. The van der Waals surface area contributed by atoms with E-state index in [9.17, 15) is 0 Å². The van der Waals surface area contributed by atoms with E-state index in [0.717, 1.165) is 16.1 Å². The summed E-state index contributed by atoms with van der Waals surface area (Å²) >= 11 is 1.81. The highest BCUT2D eigenvalue weighted by Crippen LogP contribution is 2.41. The van der Waals surface area contributed by atoms with E-state index in [1.165, 1.54) is 38.1 Å². The van der Waals surface area contributed by atoms with Crippen LogP contribution in [-0.4, -0.2) is 4.98 Å². The fourth-order valence-electron chi connectivity index (χ4n) is 4.53. The van der Waals surface area contributed by atoms with Crippen LogP contribution in [0.5, 0.6) is 0 Å². The van der Waals surface area contributed by atoms with Gasteiger partial charge in [-0.3, -0.25) is 0 Å². The summed E-state index contributed by atoms with van der Waals surface area (Å²) in [6.45, 7) is 9.14. The van der Waals surface area contributed by atoms with Crippen LogP contribution >= 0.6 is 11.3 Å². The number of rotatable bonds is 5. The smallest absolute Gasteiger partial charge is 0.124 e. The maximum absolute atomic E-state index is 5.09. The van der Waals surface area contributed by atoms with Crippen LogP contribution in [0.3, 0.4) is 0 Å². The van der Waals surface area contributed by atoms with E-state index in [1.807, 2.05) is 11.3 Å². The third-order valence-electron chi connectivity index (χ3n) is 6.27. The molecule has 0 fully saturated rings. The van der Waals surface area contributed by atoms with Crippen LogP contribution in [0.25, 0.3) is 43.0 Å². The maximum atomic E-state index is 5.09. The quantitative estimate of drug-likeness (QED) is 0.261. The predicted molar refractivity (Wildman–Crippen MR) is 144 cm³/mol. The molecule has 0 aliphatic carbocycles. The summed E-state index contributed by atoms with van der Waals surface area (Å²) in [5.74, 6) is 0.960. The lowest BCUT2D eigenvalue weighted by molar-refractivity contribution is 0.839. The van der Waals surface area contributed by atoms with Gasteiger partial charge in [-0.25, -0.2) is 4.98 Å². The first kappa shape index (κ1) is 21.6. The van der Waals surface area contributed by atoms with Gasteiger partial charge >= 0.3 is 0 Å². The molecular weight excluding hydrogens is 418 g/mol. The summed E-state index contributed by atoms with van der Waals surface area (Å²) in [4.78, 5) is 7.51. The van der Waals surface area contributed by atoms with Crippen molar-refractivity contribution < 1.29 is 0 Å². The first-order valence-corrected chi connectivity index (χ1v) is 12.5. The van der Waals surface area contributed by atoms with Gasteiger partial charge < -0.3 is 0 Å². The van der Waals surface area contributed by atoms with Gasteiger partial charge in [-0.1, -0.05) is 94.4 Å². The highest BCUT2D eigenvalue weighted by atomic mass is 32.1. The van der Waals surface area contributed by atoms with Crippen molar-refractivity contribution >= 4 is 21.6 Å². The molecule has 0 atom stereocenters. The standard InChI is InChI=1S/C31H29NS/c1-20(2)26-14-9-15-27(21(3)4)30(26)29-19-25-16-17-28(32-31(25)33-29)24-13-8-12-23(18-24)22-10-6-5-7-11-22/h5-21H,1-4H3. The summed E-state index contributed by atoms with van der Waals surface area (Å²) < 4.78 is 0. The van der Waals surface area contributed by atoms with E-state index in [1.54, 1.807) is 0 Å². The molecule has 3 aromatic carbocycles. The Balaban J connectivity index is 1.60. The molecule has 0 bridgehead atoms. The molecule has 2 aromatic heterocycles. The third kappa shape index (κ3) is 4.24. The number of hydrogen-bond donors (Lipinski definition) is 0. The van der Waals surface area contributed by atoms with Crippen molar-refractivity contribution in [3.05, 3.63) is 102 Å². The van der Waals surface area contributed by atoms with E-state index < -0.39 is 0 Å². The van der Waals surface area contributed by atoms with Gasteiger partial charge in [0.2, 0.25) is 0 Å². The minimum atomic E-state index is 0.480. The molecule has 1 nitrogen and oxygen atoms in total. The molecule has 0 aliphatic heterocycles. The highest BCUT2D eigenvalue weighted by molar-refractivity contribution is 7.21. The Kier molecular flexibility index (Phi) is 5.86. The number of thiophene rings is 1. The second kappa shape index (κ2) is 8.96. The van der Waals surface area contributed by atoms with Crippen molar-refractivity contribution in [1.82, 2.24) is 4.98 Å². The van der Waals surface area contributed by atoms with Gasteiger partial charge in [0.25, 0.3) is 0 Å². The zero-order valence-electron chi connectivity index (χ0n) is 19.7. The summed E-state index contributed by atoms with van der Waals surface area (Å²) in [6.07, 6.45) is 0. The molecule has 0 unspecified atom stereocenters. The molecule has 0 saturated heterocycles. The predicted octanol–water partition coefficient (Wildman–Crippen LogP) is 9.54. The van der Waals surface area contributed by atoms with Gasteiger partial charge in [0.05, 0.1) is 5.69 Å². The summed E-state index contributed by atoms with van der Waals surface area (Å²) in [7, 11) is 0. The molecular formula is C31H29NS. The molecule has 0 amide bonds. The maximum Gasteiger partial charge on any atom is 0.124 e. The van der Waals surface area contributed by atoms with Crippen LogP contribution in [0, 0.1) is 0 Å². The largest absolute Gasteiger partial charge is 0.237 e. The van der Waals surface area contributed by atoms with E-state index in [2.05, 4.69) is 119 Å². The highest BCUT2D eigenvalue weighted by Gasteiger charge is 2.18. The third-order valence-corrected chi connectivity index (χ3v) is 7.33. The van der Waals surface area contributed by atoms with E-state index in [0.29, 0.717) is 11.8 Å². The average Bonchev–Trinajstić information content (AvgIpc) is 3.27. The Morgan fingerprint density at radius 2 is 1.24 bits per heavy atom. The molecule has 164 valence electrons. The lowest BCUT2D eigenvalue weighted by Crippen LogP contribution is -1.98. The molecule has 0 aliphatic rings. The van der Waals surface area contributed by atoms with Crippen molar-refractivity contribution in [1.29, 1.82) is 0 Å². The molecule has 2 heteroatoms. The Hall–Kier alpha value is -3.23. The van der Waals surface area contributed by atoms with Crippen molar-refractivity contribution in [3.8, 4) is 32.8 Å². The number of hydrogen-bond acceptors (Lipinski definition) is 2. The van der Waals surface area contributed by atoms with E-state index >= 15 is 0 Å². The van der Waals surface area contributed by atoms with Crippen molar-refractivity contribution in [2.45, 2.75) is 39.5 Å². The van der Waals surface area contributed by atoms with Crippen molar-refractivity contribution in [2.24, 2.45) is 0 Å². The molecule has 0 saturated carbocycles. The Morgan fingerprint density at radius 1 is 0.606 bits per heavy atom. The normalized spacial score (nSPS) is 11.6. The van der Waals surface area contributed by atoms with Crippen LogP contribution in [0.2, 0.25) is 0 Å². The van der Waals surface area contributed by atoms with Gasteiger partial charge in [-0.05, 0) is 63.9 Å². The monoisotopic (exact) mass is 447 g/mol. The lowest BCUT2D eigenvalue weighted by atomic mass is 9.88. The van der Waals surface area contributed by atoms with Gasteiger partial charge in [0.1, 0.15) is 4.83 Å². The van der Waals surface area contributed by atoms with Gasteiger partial charge in [0.15, 0.2) is 0 Å². The van der Waals surface area contributed by atoms with Crippen molar-refractivity contribution in [2.75, 3.05) is 0 Å². The summed E-state index contributed by atoms with van der Waals surface area (Å²) in [6, 6.07) is 32.7. The summed E-state index contributed by atoms with van der Waals surface area (Å²) in [5.41, 5.74) is 8.86. The minimum Gasteiger partial charge on any atom is -0.237 e. The van der Waals surface area contributed by atoms with Crippen LogP contribution < -0.4 is 0 Å². The SMILES string of the molecule is CC(C)c1cccc(C(C)C)c1-c1cc2ccc(-c3cccc(-c4ccccc4)c3)nc2s1. The Morgan fingerprint density at radius 3 is 1.94 bits per heavy atom. The van der Waals surface area contributed by atoms with Gasteiger partial charge in [-0.15, -0.1) is 11.3 Å². The number of pyridine rings is 1. The van der Waals surface area contributed by atoms with Gasteiger partial charge in [0, 0.05) is 15.8 Å². The molecule has 5 rings (SSSR count). The first-order valence-electron chi connectivity index (χ1n) is 11.7. The number of benzene rings is 3. The lowest BCUT2D eigenvalue weighted by Gasteiger charge is -2.18. The zero-order valence-corrected chi connectivity index (χ0v) is 20.5. The van der Waals surface area contributed by atoms with Gasteiger partial charge in [-0.2, -0.15) is 0 Å². The minimum absolute atomic E-state index is 0.480. The number of aromatic nitrogens is 1. The molecule has 33 heavy (non-hydrogen) atoms. The van der Waals surface area contributed by atoms with Crippen LogP contribution in [-0.2, 0) is 0 Å². The Bertz CT molecular complexity index is 1380.